The third kappa shape index (κ3) is 6.14. The largest absolute Gasteiger partial charge is 0.487 e. The van der Waals surface area contributed by atoms with E-state index in [0.717, 1.165) is 18.2 Å². The van der Waals surface area contributed by atoms with Crippen molar-refractivity contribution in [1.29, 1.82) is 0 Å². The molecule has 0 aliphatic rings. The summed E-state index contributed by atoms with van der Waals surface area (Å²) in [5.74, 6) is -4.73. The highest BCUT2D eigenvalue weighted by atomic mass is 32.1. The van der Waals surface area contributed by atoms with Crippen molar-refractivity contribution in [2.24, 2.45) is 0 Å². The number of nitro benzene ring substituents is 1. The second kappa shape index (κ2) is 8.08. The van der Waals surface area contributed by atoms with Crippen molar-refractivity contribution in [3.63, 3.8) is 0 Å². The average Bonchev–Trinajstić information content (AvgIpc) is 2.43. The minimum Gasteiger partial charge on any atom is -0.487 e. The van der Waals surface area contributed by atoms with Crippen LogP contribution in [0.4, 0.5) is 28.9 Å². The third-order valence-corrected chi connectivity index (χ3v) is 2.75. The number of benzene rings is 1. The third-order valence-electron chi connectivity index (χ3n) is 2.53. The van der Waals surface area contributed by atoms with Gasteiger partial charge in [0.15, 0.2) is 11.7 Å². The van der Waals surface area contributed by atoms with Crippen LogP contribution in [0, 0.1) is 10.1 Å². The van der Waals surface area contributed by atoms with Gasteiger partial charge in [0.25, 0.3) is 5.69 Å². The minimum absolute atomic E-state index is 0.0100. The van der Waals surface area contributed by atoms with E-state index in [1.807, 2.05) is 13.8 Å². The molecule has 0 aromatic heterocycles. The Labute approximate surface area is 140 Å². The van der Waals surface area contributed by atoms with Crippen LogP contribution in [0.5, 0.6) is 5.75 Å². The predicted octanol–water partition coefficient (Wildman–Crippen LogP) is 3.57. The number of alkyl halides is 4. The quantitative estimate of drug-likeness (QED) is 0.331. The average molecular weight is 369 g/mol. The number of nitrogens with one attached hydrogen (secondary N) is 2. The Kier molecular flexibility index (Phi) is 6.70. The van der Waals surface area contributed by atoms with Crippen LogP contribution in [0.3, 0.4) is 0 Å². The lowest BCUT2D eigenvalue weighted by Gasteiger charge is -2.17. The molecule has 2 N–H and O–H groups in total. The van der Waals surface area contributed by atoms with E-state index in [4.69, 9.17) is 12.2 Å². The van der Waals surface area contributed by atoms with E-state index >= 15 is 0 Å². The van der Waals surface area contributed by atoms with Crippen LogP contribution in [0.2, 0.25) is 0 Å². The van der Waals surface area contributed by atoms with Crippen LogP contribution in [0.15, 0.2) is 18.2 Å². The summed E-state index contributed by atoms with van der Waals surface area (Å²) in [5, 5.41) is 16.5. The molecule has 6 nitrogen and oxygen atoms in total. The summed E-state index contributed by atoms with van der Waals surface area (Å²) >= 11 is 4.97. The van der Waals surface area contributed by atoms with Crippen LogP contribution in [0.25, 0.3) is 0 Å². The van der Waals surface area contributed by atoms with E-state index in [0.29, 0.717) is 0 Å². The van der Waals surface area contributed by atoms with Gasteiger partial charge in [-0.05, 0) is 26.1 Å². The second-order valence-corrected chi connectivity index (χ2v) is 5.48. The predicted molar refractivity (Wildman–Crippen MR) is 84.0 cm³/mol. The molecule has 24 heavy (non-hydrogen) atoms. The van der Waals surface area contributed by atoms with Crippen molar-refractivity contribution in [3.05, 3.63) is 28.3 Å². The number of halogens is 4. The van der Waals surface area contributed by atoms with Crippen molar-refractivity contribution in [3.8, 4) is 5.75 Å². The molecule has 1 aromatic carbocycles. The van der Waals surface area contributed by atoms with Crippen LogP contribution >= 0.6 is 12.2 Å². The number of ether oxygens (including phenoxy) is 1. The first-order valence-electron chi connectivity index (χ1n) is 6.67. The van der Waals surface area contributed by atoms with E-state index in [1.165, 1.54) is 0 Å². The van der Waals surface area contributed by atoms with Crippen molar-refractivity contribution in [1.82, 2.24) is 5.32 Å². The summed E-state index contributed by atoms with van der Waals surface area (Å²) in [5.41, 5.74) is -0.375. The maximum absolute atomic E-state index is 12.9. The van der Waals surface area contributed by atoms with Gasteiger partial charge < -0.3 is 15.4 Å². The monoisotopic (exact) mass is 369 g/mol. The lowest BCUT2D eigenvalue weighted by molar-refractivity contribution is -0.384. The summed E-state index contributed by atoms with van der Waals surface area (Å²) in [6.45, 7) is 2.00. The minimum atomic E-state index is -4.37. The number of hydrogen-bond acceptors (Lipinski definition) is 4. The highest BCUT2D eigenvalue weighted by Gasteiger charge is 2.41. The molecule has 0 atom stereocenters. The molecule has 11 heteroatoms. The topological polar surface area (TPSA) is 76.4 Å². The molecule has 0 unspecified atom stereocenters. The van der Waals surface area contributed by atoms with Gasteiger partial charge in [0.2, 0.25) is 0 Å². The molecule has 134 valence electrons. The maximum Gasteiger partial charge on any atom is 0.340 e. The standard InChI is InChI=1S/C13H15F4N3O3S/c1-7(2)18-12(24)19-8-3-9(20(21)22)5-10(4-8)23-6-13(16,17)11(14)15/h3-5,7,11H,6H2,1-2H3,(H2,18,19,24). The SMILES string of the molecule is CC(C)NC(=S)Nc1cc(OCC(F)(F)C(F)F)cc([N+](=O)[O-])c1. The number of nitro groups is 1. The van der Waals surface area contributed by atoms with Crippen molar-refractivity contribution >= 4 is 28.7 Å². The summed E-state index contributed by atoms with van der Waals surface area (Å²) < 4.78 is 54.6. The molecule has 0 aliphatic carbocycles. The fourth-order valence-corrected chi connectivity index (χ4v) is 1.87. The van der Waals surface area contributed by atoms with Crippen LogP contribution in [0.1, 0.15) is 13.8 Å². The molecule has 0 bridgehead atoms. The fourth-order valence-electron chi connectivity index (χ4n) is 1.52. The van der Waals surface area contributed by atoms with Gasteiger partial charge in [-0.3, -0.25) is 10.1 Å². The molecule has 0 amide bonds. The van der Waals surface area contributed by atoms with Gasteiger partial charge in [-0.2, -0.15) is 8.78 Å². The number of nitrogens with zero attached hydrogens (tertiary/aromatic N) is 1. The highest BCUT2D eigenvalue weighted by Crippen LogP contribution is 2.29. The van der Waals surface area contributed by atoms with Crippen molar-refractivity contribution < 1.29 is 27.2 Å². The Balaban J connectivity index is 2.96. The van der Waals surface area contributed by atoms with Gasteiger partial charge >= 0.3 is 12.3 Å². The van der Waals surface area contributed by atoms with Gasteiger partial charge in [0, 0.05) is 18.2 Å². The Morgan fingerprint density at radius 3 is 2.50 bits per heavy atom. The second-order valence-electron chi connectivity index (χ2n) is 5.08. The van der Waals surface area contributed by atoms with Crippen molar-refractivity contribution in [2.45, 2.75) is 32.2 Å². The number of hydrogen-bond donors (Lipinski definition) is 2. The van der Waals surface area contributed by atoms with Gasteiger partial charge in [0.05, 0.1) is 16.7 Å². The summed E-state index contributed by atoms with van der Waals surface area (Å²) in [7, 11) is 0. The van der Waals surface area contributed by atoms with E-state index in [9.17, 15) is 27.7 Å². The fraction of sp³-hybridized carbons (Fsp3) is 0.462. The van der Waals surface area contributed by atoms with Gasteiger partial charge in [-0.25, -0.2) is 8.78 Å². The number of non-ortho nitro benzene ring substituents is 1. The number of rotatable bonds is 7. The first-order valence-corrected chi connectivity index (χ1v) is 7.08. The molecule has 0 fully saturated rings. The lowest BCUT2D eigenvalue weighted by atomic mass is 10.2. The van der Waals surface area contributed by atoms with Gasteiger partial charge in [-0.15, -0.1) is 0 Å². The molecule has 1 aromatic rings. The molecule has 0 spiro atoms. The van der Waals surface area contributed by atoms with E-state index in [-0.39, 0.29) is 22.6 Å². The number of anilines is 1. The molecule has 0 radical (unpaired) electrons. The smallest absolute Gasteiger partial charge is 0.340 e. The molecule has 0 saturated heterocycles. The summed E-state index contributed by atoms with van der Waals surface area (Å²) in [4.78, 5) is 10.1. The molecular weight excluding hydrogens is 354 g/mol. The molecular formula is C13H15F4N3O3S. The molecule has 0 heterocycles. The normalized spacial score (nSPS) is 11.5. The van der Waals surface area contributed by atoms with Crippen LogP contribution in [-0.2, 0) is 0 Å². The van der Waals surface area contributed by atoms with Crippen molar-refractivity contribution in [2.75, 3.05) is 11.9 Å². The Bertz CT molecular complexity index is 614. The number of thiocarbonyl (C=S) groups is 1. The Morgan fingerprint density at radius 2 is 2.00 bits per heavy atom. The van der Waals surface area contributed by atoms with Gasteiger partial charge in [-0.1, -0.05) is 0 Å². The molecule has 1 rings (SSSR count). The molecule has 0 saturated carbocycles. The van der Waals surface area contributed by atoms with Gasteiger partial charge in [0.1, 0.15) is 5.75 Å². The highest BCUT2D eigenvalue weighted by molar-refractivity contribution is 7.80. The lowest BCUT2D eigenvalue weighted by Crippen LogP contribution is -2.34. The Hall–Kier alpha value is -2.17. The first kappa shape index (κ1) is 19.9. The van der Waals surface area contributed by atoms with E-state index < -0.39 is 29.6 Å². The summed E-state index contributed by atoms with van der Waals surface area (Å²) in [6, 6.07) is 3.09. The summed E-state index contributed by atoms with van der Waals surface area (Å²) in [6.07, 6.45) is -3.91. The first-order chi connectivity index (χ1) is 11.0. The maximum atomic E-state index is 12.9. The molecule has 0 aliphatic heterocycles. The van der Waals surface area contributed by atoms with E-state index in [1.54, 1.807) is 0 Å². The Morgan fingerprint density at radius 1 is 1.38 bits per heavy atom. The van der Waals surface area contributed by atoms with Crippen LogP contribution in [-0.4, -0.2) is 35.0 Å². The zero-order chi connectivity index (χ0) is 18.5. The van der Waals surface area contributed by atoms with E-state index in [2.05, 4.69) is 15.4 Å². The zero-order valence-corrected chi connectivity index (χ0v) is 13.5. The zero-order valence-electron chi connectivity index (χ0n) is 12.7. The van der Waals surface area contributed by atoms with Crippen LogP contribution < -0.4 is 15.4 Å².